The monoisotopic (exact) mass is 456 g/mol. The summed E-state index contributed by atoms with van der Waals surface area (Å²) in [6.45, 7) is 8.62. The molecule has 2 aromatic rings. The summed E-state index contributed by atoms with van der Waals surface area (Å²) in [5, 5.41) is 8.69. The third kappa shape index (κ3) is 4.76. The van der Waals surface area contributed by atoms with E-state index in [1.165, 1.54) is 5.56 Å². The van der Waals surface area contributed by atoms with Gasteiger partial charge in [-0.05, 0) is 50.7 Å². The molecule has 0 spiro atoms. The van der Waals surface area contributed by atoms with E-state index < -0.39 is 0 Å². The second-order valence-corrected chi connectivity index (χ2v) is 8.18. The lowest BCUT2D eigenvalue weighted by molar-refractivity contribution is 0.275. The van der Waals surface area contributed by atoms with Crippen LogP contribution in [-0.2, 0) is 6.54 Å². The van der Waals surface area contributed by atoms with Crippen LogP contribution in [0.25, 0.3) is 0 Å². The number of nitrogens with zero attached hydrogens (tertiary/aromatic N) is 3. The molecule has 2 heterocycles. The average molecular weight is 458 g/mol. The topological polar surface area (TPSA) is 44.5 Å². The third-order valence-corrected chi connectivity index (χ3v) is 5.78. The first-order valence-electron chi connectivity index (χ1n) is 8.59. The molecule has 1 N–H and O–H groups in total. The molecule has 0 atom stereocenters. The maximum Gasteiger partial charge on any atom is 0.173 e. The fraction of sp³-hybridized carbons (Fsp3) is 0.444. The maximum atomic E-state index is 6.28. The van der Waals surface area contributed by atoms with Crippen LogP contribution in [-0.4, -0.2) is 46.2 Å². The predicted molar refractivity (Wildman–Crippen MR) is 113 cm³/mol. The molecule has 0 radical (unpaired) electrons. The molecule has 5 nitrogen and oxygen atoms in total. The van der Waals surface area contributed by atoms with Crippen molar-refractivity contribution in [2.45, 2.75) is 26.8 Å². The van der Waals surface area contributed by atoms with Crippen molar-refractivity contribution in [1.29, 1.82) is 0 Å². The summed E-state index contributed by atoms with van der Waals surface area (Å²) in [5.41, 5.74) is 3.00. The van der Waals surface area contributed by atoms with E-state index in [-0.39, 0.29) is 0 Å². The Bertz CT molecular complexity index is 778. The summed E-state index contributed by atoms with van der Waals surface area (Å²) in [7, 11) is 0. The highest BCUT2D eigenvalue weighted by Crippen LogP contribution is 2.26. The molecule has 3 rings (SSSR count). The number of aromatic nitrogens is 1. The van der Waals surface area contributed by atoms with Crippen molar-refractivity contribution in [1.82, 2.24) is 15.0 Å². The van der Waals surface area contributed by atoms with Crippen molar-refractivity contribution in [2.75, 3.05) is 31.5 Å². The van der Waals surface area contributed by atoms with Crippen LogP contribution in [0.4, 0.5) is 5.69 Å². The quantitative estimate of drug-likeness (QED) is 0.679. The Morgan fingerprint density at radius 2 is 2.12 bits per heavy atom. The normalized spacial score (nSPS) is 15.8. The fourth-order valence-corrected chi connectivity index (χ4v) is 4.08. The number of nitrogens with one attached hydrogen (secondary N) is 1. The molecule has 0 amide bonds. The Kier molecular flexibility index (Phi) is 6.55. The van der Waals surface area contributed by atoms with Gasteiger partial charge in [0, 0.05) is 42.8 Å². The van der Waals surface area contributed by atoms with Crippen LogP contribution in [0.1, 0.15) is 23.4 Å². The summed E-state index contributed by atoms with van der Waals surface area (Å²) >= 11 is 15.3. The molecule has 1 aliphatic heterocycles. The number of benzene rings is 1. The summed E-state index contributed by atoms with van der Waals surface area (Å²) in [6.07, 6.45) is 1.05. The van der Waals surface area contributed by atoms with Gasteiger partial charge in [-0.15, -0.1) is 0 Å². The first-order valence-corrected chi connectivity index (χ1v) is 10.2. The minimum atomic E-state index is 0.650. The first-order chi connectivity index (χ1) is 12.4. The van der Waals surface area contributed by atoms with Crippen LogP contribution in [0, 0.1) is 13.8 Å². The molecular formula is C18H22BrClN4OS. The van der Waals surface area contributed by atoms with Gasteiger partial charge in [0.25, 0.3) is 0 Å². The van der Waals surface area contributed by atoms with Crippen LogP contribution < -0.4 is 5.32 Å². The molecule has 0 bridgehead atoms. The molecule has 0 unspecified atom stereocenters. The summed E-state index contributed by atoms with van der Waals surface area (Å²) in [4.78, 5) is 4.64. The summed E-state index contributed by atoms with van der Waals surface area (Å²) in [5.74, 6) is 0.908. The van der Waals surface area contributed by atoms with Crippen LogP contribution in [0.2, 0.25) is 5.02 Å². The Balaban J connectivity index is 1.58. The lowest BCUT2D eigenvalue weighted by Crippen LogP contribution is -2.37. The van der Waals surface area contributed by atoms with Gasteiger partial charge < -0.3 is 14.7 Å². The molecule has 26 heavy (non-hydrogen) atoms. The van der Waals surface area contributed by atoms with Gasteiger partial charge in [0.2, 0.25) is 0 Å². The highest BCUT2D eigenvalue weighted by Gasteiger charge is 2.20. The minimum absolute atomic E-state index is 0.650. The van der Waals surface area contributed by atoms with Gasteiger partial charge in [0.05, 0.1) is 16.4 Å². The van der Waals surface area contributed by atoms with Crippen molar-refractivity contribution < 1.29 is 4.52 Å². The molecule has 140 valence electrons. The zero-order chi connectivity index (χ0) is 18.7. The molecule has 8 heteroatoms. The molecule has 0 saturated carbocycles. The first kappa shape index (κ1) is 19.6. The molecule has 1 aliphatic rings. The maximum absolute atomic E-state index is 6.28. The van der Waals surface area contributed by atoms with Crippen molar-refractivity contribution >= 4 is 50.5 Å². The van der Waals surface area contributed by atoms with E-state index in [2.05, 4.69) is 36.2 Å². The van der Waals surface area contributed by atoms with Crippen molar-refractivity contribution in [3.63, 3.8) is 0 Å². The summed E-state index contributed by atoms with van der Waals surface area (Å²) < 4.78 is 6.23. The van der Waals surface area contributed by atoms with Crippen LogP contribution >= 0.6 is 39.7 Å². The SMILES string of the molecule is Cc1noc(C)c1CN1CCCN(C(=S)Nc2ccc(Br)cc2Cl)CC1. The van der Waals surface area contributed by atoms with Gasteiger partial charge in [-0.25, -0.2) is 0 Å². The van der Waals surface area contributed by atoms with Gasteiger partial charge in [-0.3, -0.25) is 4.90 Å². The largest absolute Gasteiger partial charge is 0.361 e. The predicted octanol–water partition coefficient (Wildman–Crippen LogP) is 4.61. The lowest BCUT2D eigenvalue weighted by Gasteiger charge is -2.25. The Labute approximate surface area is 172 Å². The van der Waals surface area contributed by atoms with Crippen molar-refractivity contribution in [3.05, 3.63) is 44.7 Å². The van der Waals surface area contributed by atoms with Crippen molar-refractivity contribution in [2.24, 2.45) is 0 Å². The number of halogens is 2. The van der Waals surface area contributed by atoms with Crippen LogP contribution in [0.3, 0.4) is 0 Å². The molecular weight excluding hydrogens is 436 g/mol. The van der Waals surface area contributed by atoms with Gasteiger partial charge in [-0.1, -0.05) is 32.7 Å². The highest BCUT2D eigenvalue weighted by atomic mass is 79.9. The Hall–Kier alpha value is -1.15. The zero-order valence-electron chi connectivity index (χ0n) is 14.9. The standard InChI is InChI=1S/C18H22BrClN4OS/c1-12-15(13(2)25-22-12)11-23-6-3-7-24(9-8-23)18(26)21-17-5-4-14(19)10-16(17)20/h4-5,10H,3,6-9,11H2,1-2H3,(H,21,26). The van der Waals surface area contributed by atoms with E-state index in [0.29, 0.717) is 10.1 Å². The van der Waals surface area contributed by atoms with Gasteiger partial charge in [0.15, 0.2) is 5.11 Å². The zero-order valence-corrected chi connectivity index (χ0v) is 18.0. The minimum Gasteiger partial charge on any atom is -0.361 e. The van der Waals surface area contributed by atoms with Gasteiger partial charge in [-0.2, -0.15) is 0 Å². The van der Waals surface area contributed by atoms with Crippen molar-refractivity contribution in [3.8, 4) is 0 Å². The second-order valence-electron chi connectivity index (χ2n) is 6.47. The molecule has 1 aromatic carbocycles. The van der Waals surface area contributed by atoms with Gasteiger partial charge in [0.1, 0.15) is 5.76 Å². The van der Waals surface area contributed by atoms with E-state index >= 15 is 0 Å². The van der Waals surface area contributed by atoms with Crippen LogP contribution in [0.5, 0.6) is 0 Å². The number of rotatable bonds is 3. The average Bonchev–Trinajstić information content (AvgIpc) is 2.80. The fourth-order valence-electron chi connectivity index (χ4n) is 3.07. The van der Waals surface area contributed by atoms with E-state index in [4.69, 9.17) is 28.3 Å². The number of anilines is 1. The number of aryl methyl sites for hydroxylation is 2. The second kappa shape index (κ2) is 8.69. The Morgan fingerprint density at radius 1 is 1.31 bits per heavy atom. The molecule has 1 aromatic heterocycles. The highest BCUT2D eigenvalue weighted by molar-refractivity contribution is 9.10. The number of thiocarbonyl (C=S) groups is 1. The van der Waals surface area contributed by atoms with E-state index in [0.717, 1.165) is 60.8 Å². The van der Waals surface area contributed by atoms with E-state index in [1.807, 2.05) is 32.0 Å². The lowest BCUT2D eigenvalue weighted by atomic mass is 10.2. The smallest absolute Gasteiger partial charge is 0.173 e. The van der Waals surface area contributed by atoms with Crippen LogP contribution in [0.15, 0.2) is 27.2 Å². The van der Waals surface area contributed by atoms with E-state index in [9.17, 15) is 0 Å². The number of hydrogen-bond acceptors (Lipinski definition) is 4. The van der Waals surface area contributed by atoms with Gasteiger partial charge >= 0.3 is 0 Å². The Morgan fingerprint density at radius 3 is 2.81 bits per heavy atom. The number of hydrogen-bond donors (Lipinski definition) is 1. The molecule has 1 saturated heterocycles. The molecule has 0 aliphatic carbocycles. The van der Waals surface area contributed by atoms with E-state index in [1.54, 1.807) is 0 Å². The summed E-state index contributed by atoms with van der Waals surface area (Å²) in [6, 6.07) is 5.74. The molecule has 1 fully saturated rings. The third-order valence-electron chi connectivity index (χ3n) is 4.61.